The summed E-state index contributed by atoms with van der Waals surface area (Å²) in [6.45, 7) is 5.06. The first kappa shape index (κ1) is 12.9. The molecule has 0 unspecified atom stereocenters. The van der Waals surface area contributed by atoms with Crippen LogP contribution in [-0.2, 0) is 11.2 Å². The number of nitrogens with zero attached hydrogens (tertiary/aromatic N) is 1. The fourth-order valence-corrected chi connectivity index (χ4v) is 2.14. The zero-order chi connectivity index (χ0) is 13.1. The molecule has 1 saturated carbocycles. The van der Waals surface area contributed by atoms with Crippen LogP contribution in [0.3, 0.4) is 0 Å². The number of carbonyl (C=O) groups is 1. The van der Waals surface area contributed by atoms with Crippen LogP contribution in [-0.4, -0.2) is 23.4 Å². The van der Waals surface area contributed by atoms with Crippen molar-refractivity contribution in [2.45, 2.75) is 39.2 Å². The van der Waals surface area contributed by atoms with Gasteiger partial charge in [0.05, 0.1) is 6.42 Å². The largest absolute Gasteiger partial charge is 0.398 e. The Morgan fingerprint density at radius 1 is 1.39 bits per heavy atom. The molecule has 0 aliphatic heterocycles. The number of carbonyl (C=O) groups excluding carboxylic acids is 1. The van der Waals surface area contributed by atoms with Gasteiger partial charge in [-0.2, -0.15) is 0 Å². The van der Waals surface area contributed by atoms with Crippen LogP contribution in [0, 0.1) is 5.92 Å². The second-order valence-corrected chi connectivity index (χ2v) is 5.46. The highest BCUT2D eigenvalue weighted by molar-refractivity contribution is 5.80. The highest BCUT2D eigenvalue weighted by Gasteiger charge is 2.28. The monoisotopic (exact) mass is 246 g/mol. The number of rotatable bonds is 5. The minimum atomic E-state index is 0.190. The van der Waals surface area contributed by atoms with E-state index in [0.29, 0.717) is 12.1 Å². The molecular weight excluding hydrogens is 224 g/mol. The molecule has 0 radical (unpaired) electrons. The molecule has 1 aliphatic carbocycles. The molecule has 0 spiro atoms. The Morgan fingerprint density at radius 3 is 2.61 bits per heavy atom. The van der Waals surface area contributed by atoms with Crippen molar-refractivity contribution in [3.05, 3.63) is 29.8 Å². The summed E-state index contributed by atoms with van der Waals surface area (Å²) in [6, 6.07) is 7.88. The van der Waals surface area contributed by atoms with Crippen molar-refractivity contribution in [1.82, 2.24) is 4.90 Å². The van der Waals surface area contributed by atoms with Gasteiger partial charge in [-0.1, -0.05) is 18.2 Å². The zero-order valence-corrected chi connectivity index (χ0v) is 11.2. The predicted molar refractivity (Wildman–Crippen MR) is 74.1 cm³/mol. The van der Waals surface area contributed by atoms with Gasteiger partial charge in [0.15, 0.2) is 0 Å². The van der Waals surface area contributed by atoms with E-state index in [-0.39, 0.29) is 11.9 Å². The molecule has 0 aromatic heterocycles. The number of anilines is 1. The van der Waals surface area contributed by atoms with Crippen LogP contribution in [0.2, 0.25) is 0 Å². The summed E-state index contributed by atoms with van der Waals surface area (Å²) in [7, 11) is 0. The number of hydrogen-bond acceptors (Lipinski definition) is 2. The van der Waals surface area contributed by atoms with Crippen LogP contribution < -0.4 is 5.73 Å². The van der Waals surface area contributed by atoms with Gasteiger partial charge in [0.25, 0.3) is 0 Å². The SMILES string of the molecule is CC(C)N(CC1CC1)C(=O)Cc1ccccc1N. The van der Waals surface area contributed by atoms with E-state index >= 15 is 0 Å². The third-order valence-electron chi connectivity index (χ3n) is 3.49. The summed E-state index contributed by atoms with van der Waals surface area (Å²) < 4.78 is 0. The van der Waals surface area contributed by atoms with E-state index < -0.39 is 0 Å². The minimum Gasteiger partial charge on any atom is -0.398 e. The topological polar surface area (TPSA) is 46.3 Å². The molecular formula is C15H22N2O. The van der Waals surface area contributed by atoms with Crippen molar-refractivity contribution < 1.29 is 4.79 Å². The molecule has 1 aromatic rings. The molecule has 1 aliphatic rings. The molecule has 2 rings (SSSR count). The molecule has 1 aromatic carbocycles. The van der Waals surface area contributed by atoms with Gasteiger partial charge in [-0.05, 0) is 44.2 Å². The second-order valence-electron chi connectivity index (χ2n) is 5.46. The number of benzene rings is 1. The van der Waals surface area contributed by atoms with Crippen molar-refractivity contribution in [2.75, 3.05) is 12.3 Å². The number of hydrogen-bond donors (Lipinski definition) is 1. The van der Waals surface area contributed by atoms with Gasteiger partial charge in [-0.25, -0.2) is 0 Å². The Kier molecular flexibility index (Phi) is 3.90. The molecule has 2 N–H and O–H groups in total. The van der Waals surface area contributed by atoms with Gasteiger partial charge >= 0.3 is 0 Å². The van der Waals surface area contributed by atoms with Crippen LogP contribution >= 0.6 is 0 Å². The molecule has 1 amide bonds. The van der Waals surface area contributed by atoms with Crippen LogP contribution in [0.4, 0.5) is 5.69 Å². The maximum absolute atomic E-state index is 12.3. The quantitative estimate of drug-likeness (QED) is 0.811. The summed E-state index contributed by atoms with van der Waals surface area (Å²) in [6.07, 6.45) is 2.95. The summed E-state index contributed by atoms with van der Waals surface area (Å²) >= 11 is 0. The Labute approximate surface area is 109 Å². The number of nitrogens with two attached hydrogens (primary N) is 1. The zero-order valence-electron chi connectivity index (χ0n) is 11.2. The molecule has 0 saturated heterocycles. The van der Waals surface area contributed by atoms with Crippen molar-refractivity contribution in [2.24, 2.45) is 5.92 Å². The maximum Gasteiger partial charge on any atom is 0.227 e. The average Bonchev–Trinajstić information content (AvgIpc) is 3.12. The van der Waals surface area contributed by atoms with Crippen LogP contribution in [0.25, 0.3) is 0 Å². The lowest BCUT2D eigenvalue weighted by atomic mass is 10.1. The van der Waals surface area contributed by atoms with Gasteiger partial charge in [0, 0.05) is 18.3 Å². The van der Waals surface area contributed by atoms with Gasteiger partial charge in [-0.15, -0.1) is 0 Å². The van der Waals surface area contributed by atoms with Gasteiger partial charge in [0.2, 0.25) is 5.91 Å². The third kappa shape index (κ3) is 3.25. The Morgan fingerprint density at radius 2 is 2.06 bits per heavy atom. The lowest BCUT2D eigenvalue weighted by molar-refractivity contribution is -0.132. The average molecular weight is 246 g/mol. The van der Waals surface area contributed by atoms with E-state index in [2.05, 4.69) is 13.8 Å². The van der Waals surface area contributed by atoms with Crippen LogP contribution in [0.1, 0.15) is 32.3 Å². The van der Waals surface area contributed by atoms with E-state index in [0.717, 1.165) is 18.0 Å². The summed E-state index contributed by atoms with van der Waals surface area (Å²) in [4.78, 5) is 14.3. The smallest absolute Gasteiger partial charge is 0.227 e. The Hall–Kier alpha value is -1.51. The predicted octanol–water partition coefficient (Wildman–Crippen LogP) is 2.46. The third-order valence-corrected chi connectivity index (χ3v) is 3.49. The highest BCUT2D eigenvalue weighted by Crippen LogP contribution is 2.30. The van der Waals surface area contributed by atoms with Gasteiger partial charge in [-0.3, -0.25) is 4.79 Å². The number of para-hydroxylation sites is 1. The molecule has 1 fully saturated rings. The summed E-state index contributed by atoms with van der Waals surface area (Å²) in [5.41, 5.74) is 7.53. The fourth-order valence-electron chi connectivity index (χ4n) is 2.14. The number of nitrogen functional groups attached to an aromatic ring is 1. The first-order chi connectivity index (χ1) is 8.58. The number of amides is 1. The van der Waals surface area contributed by atoms with Crippen LogP contribution in [0.5, 0.6) is 0 Å². The van der Waals surface area contributed by atoms with Crippen molar-refractivity contribution in [1.29, 1.82) is 0 Å². The van der Waals surface area contributed by atoms with Crippen molar-refractivity contribution in [3.8, 4) is 0 Å². The first-order valence-corrected chi connectivity index (χ1v) is 6.70. The normalized spacial score (nSPS) is 14.8. The van der Waals surface area contributed by atoms with Crippen molar-refractivity contribution >= 4 is 11.6 Å². The van der Waals surface area contributed by atoms with Crippen LogP contribution in [0.15, 0.2) is 24.3 Å². The molecule has 0 bridgehead atoms. The molecule has 3 nitrogen and oxygen atoms in total. The molecule has 18 heavy (non-hydrogen) atoms. The van der Waals surface area contributed by atoms with E-state index in [4.69, 9.17) is 5.73 Å². The van der Waals surface area contributed by atoms with Gasteiger partial charge < -0.3 is 10.6 Å². The van der Waals surface area contributed by atoms with E-state index in [1.54, 1.807) is 0 Å². The lowest BCUT2D eigenvalue weighted by Gasteiger charge is -2.27. The van der Waals surface area contributed by atoms with E-state index in [9.17, 15) is 4.79 Å². The Balaban J connectivity index is 2.02. The van der Waals surface area contributed by atoms with E-state index in [1.165, 1.54) is 12.8 Å². The minimum absolute atomic E-state index is 0.190. The molecule has 0 atom stereocenters. The Bertz CT molecular complexity index is 424. The van der Waals surface area contributed by atoms with E-state index in [1.807, 2.05) is 29.2 Å². The van der Waals surface area contributed by atoms with Crippen molar-refractivity contribution in [3.63, 3.8) is 0 Å². The maximum atomic E-state index is 12.3. The molecule has 0 heterocycles. The fraction of sp³-hybridized carbons (Fsp3) is 0.533. The molecule has 98 valence electrons. The lowest BCUT2D eigenvalue weighted by Crippen LogP contribution is -2.39. The standard InChI is InChI=1S/C15H22N2O/c1-11(2)17(10-12-7-8-12)15(18)9-13-5-3-4-6-14(13)16/h3-6,11-12H,7-10,16H2,1-2H3. The first-order valence-electron chi connectivity index (χ1n) is 6.70. The highest BCUT2D eigenvalue weighted by atomic mass is 16.2. The summed E-state index contributed by atoms with van der Waals surface area (Å²) in [5.74, 6) is 0.916. The molecule has 3 heteroatoms. The summed E-state index contributed by atoms with van der Waals surface area (Å²) in [5, 5.41) is 0. The van der Waals surface area contributed by atoms with Gasteiger partial charge in [0.1, 0.15) is 0 Å². The second kappa shape index (κ2) is 5.42.